The zero-order valence-corrected chi connectivity index (χ0v) is 9.48. The number of rotatable bonds is 3. The van der Waals surface area contributed by atoms with Gasteiger partial charge in [-0.25, -0.2) is 0 Å². The van der Waals surface area contributed by atoms with Gasteiger partial charge in [0.25, 0.3) is 0 Å². The van der Waals surface area contributed by atoms with Crippen LogP contribution in [0.2, 0.25) is 5.02 Å². The third-order valence-electron chi connectivity index (χ3n) is 2.35. The Kier molecular flexibility index (Phi) is 2.84. The minimum Gasteiger partial charge on any atom is -0.495 e. The summed E-state index contributed by atoms with van der Waals surface area (Å²) < 4.78 is 5.26. The third-order valence-corrected chi connectivity index (χ3v) is 2.67. The van der Waals surface area contributed by atoms with E-state index in [2.05, 4.69) is 10.3 Å². The SMILES string of the molecule is CNCc1cc2c(Cl)ccc(OC)c2[nH]1. The second-order valence-corrected chi connectivity index (χ2v) is 3.77. The molecule has 2 rings (SSSR count). The number of aromatic nitrogens is 1. The highest BCUT2D eigenvalue weighted by atomic mass is 35.5. The van der Waals surface area contributed by atoms with Gasteiger partial charge < -0.3 is 15.0 Å². The van der Waals surface area contributed by atoms with Gasteiger partial charge in [-0.3, -0.25) is 0 Å². The van der Waals surface area contributed by atoms with E-state index in [1.807, 2.05) is 25.2 Å². The van der Waals surface area contributed by atoms with Crippen molar-refractivity contribution in [3.8, 4) is 5.75 Å². The predicted molar refractivity (Wildman–Crippen MR) is 62.6 cm³/mol. The highest BCUT2D eigenvalue weighted by Gasteiger charge is 2.08. The molecule has 0 amide bonds. The molecule has 0 aliphatic rings. The largest absolute Gasteiger partial charge is 0.495 e. The molecule has 1 heterocycles. The fourth-order valence-electron chi connectivity index (χ4n) is 1.67. The molecule has 80 valence electrons. The number of aromatic amines is 1. The molecule has 4 heteroatoms. The maximum Gasteiger partial charge on any atom is 0.143 e. The van der Waals surface area contributed by atoms with Crippen molar-refractivity contribution in [2.24, 2.45) is 0 Å². The normalized spacial score (nSPS) is 10.9. The zero-order chi connectivity index (χ0) is 10.8. The quantitative estimate of drug-likeness (QED) is 0.841. The highest BCUT2D eigenvalue weighted by molar-refractivity contribution is 6.35. The van der Waals surface area contributed by atoms with Gasteiger partial charge in [0.05, 0.1) is 17.6 Å². The number of methoxy groups -OCH3 is 1. The van der Waals surface area contributed by atoms with E-state index in [0.29, 0.717) is 0 Å². The number of benzene rings is 1. The molecule has 0 atom stereocenters. The Hall–Kier alpha value is -1.19. The van der Waals surface area contributed by atoms with Crippen LogP contribution in [0.25, 0.3) is 10.9 Å². The van der Waals surface area contributed by atoms with E-state index in [9.17, 15) is 0 Å². The Morgan fingerprint density at radius 3 is 2.93 bits per heavy atom. The summed E-state index contributed by atoms with van der Waals surface area (Å²) in [6.07, 6.45) is 0. The lowest BCUT2D eigenvalue weighted by Crippen LogP contribution is -2.04. The van der Waals surface area contributed by atoms with Crippen molar-refractivity contribution in [2.45, 2.75) is 6.54 Å². The topological polar surface area (TPSA) is 37.0 Å². The molecule has 2 aromatic rings. The average molecular weight is 225 g/mol. The lowest BCUT2D eigenvalue weighted by molar-refractivity contribution is 0.419. The summed E-state index contributed by atoms with van der Waals surface area (Å²) in [5.74, 6) is 0.816. The van der Waals surface area contributed by atoms with E-state index in [1.165, 1.54) is 0 Å². The van der Waals surface area contributed by atoms with E-state index < -0.39 is 0 Å². The third kappa shape index (κ3) is 1.80. The monoisotopic (exact) mass is 224 g/mol. The summed E-state index contributed by atoms with van der Waals surface area (Å²) in [4.78, 5) is 3.28. The first-order valence-electron chi connectivity index (χ1n) is 4.75. The fourth-order valence-corrected chi connectivity index (χ4v) is 1.88. The van der Waals surface area contributed by atoms with Crippen LogP contribution in [0.15, 0.2) is 18.2 Å². The van der Waals surface area contributed by atoms with Gasteiger partial charge in [0, 0.05) is 17.6 Å². The summed E-state index contributed by atoms with van der Waals surface area (Å²) in [6.45, 7) is 0.786. The second-order valence-electron chi connectivity index (χ2n) is 3.36. The average Bonchev–Trinajstić information content (AvgIpc) is 2.64. The van der Waals surface area contributed by atoms with Crippen molar-refractivity contribution >= 4 is 22.5 Å². The molecule has 0 radical (unpaired) electrons. The van der Waals surface area contributed by atoms with E-state index >= 15 is 0 Å². The Morgan fingerprint density at radius 1 is 1.47 bits per heavy atom. The van der Waals surface area contributed by atoms with E-state index in [-0.39, 0.29) is 0 Å². The minimum atomic E-state index is 0.740. The molecule has 0 saturated carbocycles. The maximum atomic E-state index is 6.10. The molecular weight excluding hydrogens is 212 g/mol. The van der Waals surface area contributed by atoms with Crippen molar-refractivity contribution in [3.63, 3.8) is 0 Å². The second kappa shape index (κ2) is 4.13. The molecule has 3 nitrogen and oxygen atoms in total. The Morgan fingerprint density at radius 2 is 2.27 bits per heavy atom. The van der Waals surface area contributed by atoms with Crippen LogP contribution in [0.1, 0.15) is 5.69 Å². The molecule has 0 unspecified atom stereocenters. The molecular formula is C11H13ClN2O. The number of fused-ring (bicyclic) bond motifs is 1. The van der Waals surface area contributed by atoms with Crippen molar-refractivity contribution in [1.82, 2.24) is 10.3 Å². The Labute approximate surface area is 93.4 Å². The van der Waals surface area contributed by atoms with Crippen LogP contribution in [0.3, 0.4) is 0 Å². The van der Waals surface area contributed by atoms with Crippen LogP contribution in [0.5, 0.6) is 5.75 Å². The van der Waals surface area contributed by atoms with Gasteiger partial charge in [0.2, 0.25) is 0 Å². The van der Waals surface area contributed by atoms with Crippen molar-refractivity contribution < 1.29 is 4.74 Å². The summed E-state index contributed by atoms with van der Waals surface area (Å²) in [6, 6.07) is 5.75. The molecule has 1 aromatic carbocycles. The maximum absolute atomic E-state index is 6.10. The number of hydrogen-bond acceptors (Lipinski definition) is 2. The van der Waals surface area contributed by atoms with Crippen LogP contribution in [0.4, 0.5) is 0 Å². The molecule has 0 aliphatic carbocycles. The number of ether oxygens (including phenoxy) is 1. The van der Waals surface area contributed by atoms with Crippen LogP contribution >= 0.6 is 11.6 Å². The summed E-state index contributed by atoms with van der Waals surface area (Å²) in [7, 11) is 3.56. The van der Waals surface area contributed by atoms with Gasteiger partial charge in [0.15, 0.2) is 0 Å². The molecule has 0 saturated heterocycles. The van der Waals surface area contributed by atoms with Crippen LogP contribution < -0.4 is 10.1 Å². The van der Waals surface area contributed by atoms with Crippen molar-refractivity contribution in [3.05, 3.63) is 28.9 Å². The van der Waals surface area contributed by atoms with Gasteiger partial charge in [0.1, 0.15) is 5.75 Å². The van der Waals surface area contributed by atoms with Gasteiger partial charge in [-0.1, -0.05) is 11.6 Å². The molecule has 15 heavy (non-hydrogen) atoms. The molecule has 0 spiro atoms. The number of hydrogen-bond donors (Lipinski definition) is 2. The summed E-state index contributed by atoms with van der Waals surface area (Å²) in [5, 5.41) is 4.83. The Bertz CT molecular complexity index is 479. The fraction of sp³-hybridized carbons (Fsp3) is 0.273. The van der Waals surface area contributed by atoms with E-state index in [0.717, 1.165) is 33.9 Å². The Balaban J connectivity index is 2.61. The van der Waals surface area contributed by atoms with Crippen LogP contribution in [-0.4, -0.2) is 19.1 Å². The zero-order valence-electron chi connectivity index (χ0n) is 8.73. The van der Waals surface area contributed by atoms with Crippen LogP contribution in [-0.2, 0) is 6.54 Å². The lowest BCUT2D eigenvalue weighted by atomic mass is 10.2. The number of nitrogens with one attached hydrogen (secondary N) is 2. The van der Waals surface area contributed by atoms with Crippen molar-refractivity contribution in [2.75, 3.05) is 14.2 Å². The predicted octanol–water partition coefficient (Wildman–Crippen LogP) is 2.55. The minimum absolute atomic E-state index is 0.740. The lowest BCUT2D eigenvalue weighted by Gasteiger charge is -2.01. The molecule has 0 aliphatic heterocycles. The van der Waals surface area contributed by atoms with E-state index in [1.54, 1.807) is 7.11 Å². The summed E-state index contributed by atoms with van der Waals surface area (Å²) in [5.41, 5.74) is 2.05. The van der Waals surface area contributed by atoms with Gasteiger partial charge in [-0.05, 0) is 25.2 Å². The van der Waals surface area contributed by atoms with E-state index in [4.69, 9.17) is 16.3 Å². The van der Waals surface area contributed by atoms with Gasteiger partial charge >= 0.3 is 0 Å². The molecule has 1 aromatic heterocycles. The smallest absolute Gasteiger partial charge is 0.143 e. The number of halogens is 1. The number of H-pyrrole nitrogens is 1. The molecule has 2 N–H and O–H groups in total. The van der Waals surface area contributed by atoms with Crippen LogP contribution in [0, 0.1) is 0 Å². The summed E-state index contributed by atoms with van der Waals surface area (Å²) >= 11 is 6.10. The first kappa shape index (κ1) is 10.3. The molecule has 0 fully saturated rings. The van der Waals surface area contributed by atoms with Gasteiger partial charge in [-0.15, -0.1) is 0 Å². The van der Waals surface area contributed by atoms with Crippen molar-refractivity contribution in [1.29, 1.82) is 0 Å². The highest BCUT2D eigenvalue weighted by Crippen LogP contribution is 2.31. The standard InChI is InChI=1S/C11H13ClN2O/c1-13-6-7-5-8-9(12)3-4-10(15-2)11(8)14-7/h3-5,13-14H,6H2,1-2H3. The first-order chi connectivity index (χ1) is 7.26. The first-order valence-corrected chi connectivity index (χ1v) is 5.12. The van der Waals surface area contributed by atoms with Gasteiger partial charge in [-0.2, -0.15) is 0 Å². The molecule has 0 bridgehead atoms.